The van der Waals surface area contributed by atoms with Gasteiger partial charge in [-0.2, -0.15) is 0 Å². The van der Waals surface area contributed by atoms with E-state index in [1.807, 2.05) is 0 Å². The molecule has 5 rings (SSSR count). The summed E-state index contributed by atoms with van der Waals surface area (Å²) < 4.78 is 29.6. The lowest BCUT2D eigenvalue weighted by Gasteiger charge is -2.69. The van der Waals surface area contributed by atoms with Crippen LogP contribution in [0.5, 0.6) is 0 Å². The van der Waals surface area contributed by atoms with Crippen molar-refractivity contribution >= 4 is 23.9 Å². The number of aliphatic hydroxyl groups excluding tert-OH is 2. The summed E-state index contributed by atoms with van der Waals surface area (Å²) in [6.45, 7) is 9.94. The Kier molecular flexibility index (Phi) is 8.21. The van der Waals surface area contributed by atoms with Crippen LogP contribution >= 0.6 is 0 Å². The second-order valence-electron chi connectivity index (χ2n) is 13.6. The molecule has 10 atom stereocenters. The number of aliphatic hydroxyl groups is 3. The molecule has 3 fully saturated rings. The standard InChI is InChI=1S/C33H42O12/c1-16-21(42-17(2)34)14-33(40)28(44-29(39)20-11-9-8-10-12-20)26-31(7,22(37)13-23-32(26,15-41-23)45-19(4)36)27(38)25(43-18(3)35)24(16)30(33,5)6/h8-12,21-23,25-28,37-38,40H,13-15H2,1-7H3/t21-,22-,23+,25+,26?,27-,28?,31+,32-,33+/m0/s1. The second-order valence-corrected chi connectivity index (χ2v) is 13.6. The number of carbonyl (C=O) groups is 4. The highest BCUT2D eigenvalue weighted by molar-refractivity contribution is 5.89. The maximum Gasteiger partial charge on any atom is 0.338 e. The Labute approximate surface area is 261 Å². The van der Waals surface area contributed by atoms with E-state index < -0.39 is 88.5 Å². The molecule has 0 radical (unpaired) electrons. The van der Waals surface area contributed by atoms with Crippen LogP contribution in [0.4, 0.5) is 0 Å². The molecular weight excluding hydrogens is 588 g/mol. The summed E-state index contributed by atoms with van der Waals surface area (Å²) in [5.74, 6) is -4.20. The van der Waals surface area contributed by atoms with Gasteiger partial charge < -0.3 is 39.0 Å². The van der Waals surface area contributed by atoms with Gasteiger partial charge in [0.05, 0.1) is 24.2 Å². The van der Waals surface area contributed by atoms with E-state index in [4.69, 9.17) is 23.7 Å². The maximum atomic E-state index is 13.9. The number of rotatable bonds is 5. The van der Waals surface area contributed by atoms with Crippen molar-refractivity contribution in [2.75, 3.05) is 6.61 Å². The lowest BCUT2D eigenvalue weighted by Crippen LogP contribution is -2.82. The summed E-state index contributed by atoms with van der Waals surface area (Å²) in [6, 6.07) is 8.09. The van der Waals surface area contributed by atoms with E-state index in [0.29, 0.717) is 5.57 Å². The quantitative estimate of drug-likeness (QED) is 0.246. The average Bonchev–Trinajstić information content (AvgIpc) is 2.94. The van der Waals surface area contributed by atoms with Crippen LogP contribution in [0.1, 0.15) is 71.7 Å². The lowest BCUT2D eigenvalue weighted by molar-refractivity contribution is -0.365. The topological polar surface area (TPSA) is 175 Å². The molecule has 2 bridgehead atoms. The average molecular weight is 631 g/mol. The predicted molar refractivity (Wildman–Crippen MR) is 155 cm³/mol. The van der Waals surface area contributed by atoms with Gasteiger partial charge in [0, 0.05) is 44.4 Å². The summed E-state index contributed by atoms with van der Waals surface area (Å²) in [5.41, 5.74) is -5.96. The molecule has 1 heterocycles. The Bertz CT molecular complexity index is 1420. The number of esters is 4. The third kappa shape index (κ3) is 4.88. The molecule has 4 aliphatic rings. The van der Waals surface area contributed by atoms with E-state index in [2.05, 4.69) is 0 Å². The number of hydrogen-bond donors (Lipinski definition) is 3. The number of hydrogen-bond acceptors (Lipinski definition) is 12. The van der Waals surface area contributed by atoms with Crippen molar-refractivity contribution in [3.8, 4) is 0 Å². The Morgan fingerprint density at radius 2 is 1.53 bits per heavy atom. The SMILES string of the molecule is CC(=O)O[C@H]1C[C@@]2(O)C(OC(=O)c3ccccc3)C3[C@@](C)([C@@H](O)C[C@H]4OC[C@@]34OC(C)=O)[C@@H](O)[C@H](OC(C)=O)C(=C1C)C2(C)C. The third-order valence-corrected chi connectivity index (χ3v) is 10.7. The molecule has 2 unspecified atom stereocenters. The fraction of sp³-hybridized carbons (Fsp3) is 0.636. The molecule has 45 heavy (non-hydrogen) atoms. The number of fused-ring (bicyclic) bond motifs is 5. The molecule has 0 amide bonds. The number of benzene rings is 1. The Hall–Kier alpha value is -3.32. The Balaban J connectivity index is 1.86. The van der Waals surface area contributed by atoms with E-state index in [-0.39, 0.29) is 30.6 Å². The van der Waals surface area contributed by atoms with Crippen molar-refractivity contribution in [3.05, 3.63) is 47.0 Å². The smallest absolute Gasteiger partial charge is 0.338 e. The fourth-order valence-corrected chi connectivity index (χ4v) is 8.46. The molecule has 1 aromatic rings. The first-order valence-electron chi connectivity index (χ1n) is 15.1. The molecule has 3 aliphatic carbocycles. The van der Waals surface area contributed by atoms with Crippen molar-refractivity contribution in [3.63, 3.8) is 0 Å². The van der Waals surface area contributed by atoms with E-state index in [9.17, 15) is 34.5 Å². The first-order valence-corrected chi connectivity index (χ1v) is 15.1. The number of ether oxygens (including phenoxy) is 5. The van der Waals surface area contributed by atoms with Gasteiger partial charge in [-0.15, -0.1) is 0 Å². The molecule has 2 saturated carbocycles. The first kappa shape index (κ1) is 33.1. The first-order chi connectivity index (χ1) is 20.9. The highest BCUT2D eigenvalue weighted by atomic mass is 16.6. The van der Waals surface area contributed by atoms with Crippen LogP contribution in [0.25, 0.3) is 0 Å². The zero-order valence-corrected chi connectivity index (χ0v) is 26.6. The van der Waals surface area contributed by atoms with Crippen LogP contribution in [0.15, 0.2) is 41.5 Å². The summed E-state index contributed by atoms with van der Waals surface area (Å²) in [7, 11) is 0. The number of carbonyl (C=O) groups excluding carboxylic acids is 4. The molecule has 246 valence electrons. The van der Waals surface area contributed by atoms with Crippen LogP contribution in [0.2, 0.25) is 0 Å². The van der Waals surface area contributed by atoms with Crippen molar-refractivity contribution in [2.24, 2.45) is 16.7 Å². The minimum absolute atomic E-state index is 0.0700. The molecule has 12 heteroatoms. The maximum absolute atomic E-state index is 13.9. The van der Waals surface area contributed by atoms with Crippen LogP contribution in [0.3, 0.4) is 0 Å². The van der Waals surface area contributed by atoms with Crippen LogP contribution < -0.4 is 0 Å². The third-order valence-electron chi connectivity index (χ3n) is 10.7. The zero-order valence-electron chi connectivity index (χ0n) is 26.6. The normalized spacial score (nSPS) is 39.9. The minimum Gasteiger partial charge on any atom is -0.458 e. The molecule has 1 saturated heterocycles. The van der Waals surface area contributed by atoms with Gasteiger partial charge in [0.1, 0.15) is 30.0 Å². The van der Waals surface area contributed by atoms with Gasteiger partial charge in [0.2, 0.25) is 0 Å². The molecule has 0 spiro atoms. The van der Waals surface area contributed by atoms with Gasteiger partial charge in [-0.05, 0) is 30.2 Å². The van der Waals surface area contributed by atoms with E-state index in [0.717, 1.165) is 0 Å². The van der Waals surface area contributed by atoms with Crippen LogP contribution in [0, 0.1) is 16.7 Å². The lowest BCUT2D eigenvalue weighted by atomic mass is 9.44. The van der Waals surface area contributed by atoms with Gasteiger partial charge in [-0.1, -0.05) is 39.0 Å². The molecule has 12 nitrogen and oxygen atoms in total. The van der Waals surface area contributed by atoms with Gasteiger partial charge in [-0.25, -0.2) is 4.79 Å². The summed E-state index contributed by atoms with van der Waals surface area (Å²) in [5, 5.41) is 37.4. The van der Waals surface area contributed by atoms with Gasteiger partial charge >= 0.3 is 23.9 Å². The van der Waals surface area contributed by atoms with Gasteiger partial charge in [0.25, 0.3) is 0 Å². The monoisotopic (exact) mass is 630 g/mol. The largest absolute Gasteiger partial charge is 0.458 e. The van der Waals surface area contributed by atoms with Crippen molar-refractivity contribution in [1.29, 1.82) is 0 Å². The van der Waals surface area contributed by atoms with Crippen molar-refractivity contribution < 1.29 is 58.2 Å². The molecule has 3 N–H and O–H groups in total. The Morgan fingerprint density at radius 1 is 0.911 bits per heavy atom. The van der Waals surface area contributed by atoms with Gasteiger partial charge in [-0.3, -0.25) is 14.4 Å². The summed E-state index contributed by atoms with van der Waals surface area (Å²) in [4.78, 5) is 51.5. The molecule has 1 aromatic carbocycles. The molecule has 1 aliphatic heterocycles. The predicted octanol–water partition coefficient (Wildman–Crippen LogP) is 2.02. The zero-order chi connectivity index (χ0) is 33.3. The Morgan fingerprint density at radius 3 is 2.07 bits per heavy atom. The minimum atomic E-state index is -2.11. The second kappa shape index (κ2) is 11.2. The van der Waals surface area contributed by atoms with Gasteiger partial charge in [0.15, 0.2) is 11.7 Å². The van der Waals surface area contributed by atoms with Crippen molar-refractivity contribution in [1.82, 2.24) is 0 Å². The van der Waals surface area contributed by atoms with Crippen LogP contribution in [-0.2, 0) is 38.1 Å². The molecule has 0 aromatic heterocycles. The van der Waals surface area contributed by atoms with E-state index >= 15 is 0 Å². The van der Waals surface area contributed by atoms with E-state index in [1.54, 1.807) is 45.9 Å². The highest BCUT2D eigenvalue weighted by Gasteiger charge is 2.78. The fourth-order valence-electron chi connectivity index (χ4n) is 8.46. The molecular formula is C33H42O12. The summed E-state index contributed by atoms with van der Waals surface area (Å²) in [6.07, 6.45) is -8.36. The van der Waals surface area contributed by atoms with Crippen molar-refractivity contribution in [2.45, 2.75) is 109 Å². The van der Waals surface area contributed by atoms with Crippen LogP contribution in [-0.4, -0.2) is 93.6 Å². The highest BCUT2D eigenvalue weighted by Crippen LogP contribution is 2.65. The summed E-state index contributed by atoms with van der Waals surface area (Å²) >= 11 is 0. The van der Waals surface area contributed by atoms with E-state index in [1.165, 1.54) is 32.9 Å².